The van der Waals surface area contributed by atoms with Crippen LogP contribution in [0.15, 0.2) is 6.33 Å². The molecule has 2 aliphatic rings. The lowest BCUT2D eigenvalue weighted by Crippen LogP contribution is -2.43. The largest absolute Gasteiger partial charge is 0.343 e. The first kappa shape index (κ1) is 17.6. The molecule has 3 heterocycles. The van der Waals surface area contributed by atoms with Crippen LogP contribution in [-0.4, -0.2) is 59.4 Å². The first-order valence-corrected chi connectivity index (χ1v) is 9.56. The quantitative estimate of drug-likeness (QED) is 0.575. The van der Waals surface area contributed by atoms with E-state index in [1.54, 1.807) is 22.6 Å². The van der Waals surface area contributed by atoms with Gasteiger partial charge in [0.05, 0.1) is 5.39 Å². The molecule has 0 saturated carbocycles. The Balaban J connectivity index is 0.000000162. The fraction of sp³-hybridized carbons (Fsp3) is 0.588. The third-order valence-corrected chi connectivity index (χ3v) is 6.18. The van der Waals surface area contributed by atoms with Crippen molar-refractivity contribution in [3.8, 4) is 0 Å². The number of hydrogen-bond donors (Lipinski definition) is 0. The van der Waals surface area contributed by atoms with Crippen molar-refractivity contribution in [2.45, 2.75) is 26.2 Å². The van der Waals surface area contributed by atoms with Gasteiger partial charge in [0.25, 0.3) is 0 Å². The van der Waals surface area contributed by atoms with Crippen LogP contribution in [0.25, 0.3) is 10.2 Å². The number of rotatable bonds is 1. The van der Waals surface area contributed by atoms with Crippen LogP contribution in [0.4, 0.5) is 0 Å². The fourth-order valence-corrected chi connectivity index (χ4v) is 4.82. The number of piperazine rings is 1. The van der Waals surface area contributed by atoms with Crippen molar-refractivity contribution in [2.75, 3.05) is 33.2 Å². The van der Waals surface area contributed by atoms with Gasteiger partial charge in [0.1, 0.15) is 16.3 Å². The first-order chi connectivity index (χ1) is 11.6. The van der Waals surface area contributed by atoms with Gasteiger partial charge in [-0.05, 0) is 37.8 Å². The van der Waals surface area contributed by atoms with Gasteiger partial charge in [0, 0.05) is 31.1 Å². The first-order valence-electron chi connectivity index (χ1n) is 8.37. The number of amides is 1. The van der Waals surface area contributed by atoms with E-state index in [0.717, 1.165) is 55.1 Å². The van der Waals surface area contributed by atoms with E-state index in [1.807, 2.05) is 0 Å². The third-order valence-electron chi connectivity index (χ3n) is 4.73. The van der Waals surface area contributed by atoms with Gasteiger partial charge in [-0.15, -0.1) is 11.3 Å². The zero-order valence-electron chi connectivity index (χ0n) is 14.2. The smallest absolute Gasteiger partial charge is 0.209 e. The Morgan fingerprint density at radius 1 is 1.29 bits per heavy atom. The predicted molar refractivity (Wildman–Crippen MR) is 98.7 cm³/mol. The second kappa shape index (κ2) is 7.76. The molecule has 1 atom stereocenters. The average Bonchev–Trinajstić information content (AvgIpc) is 2.95. The van der Waals surface area contributed by atoms with Crippen LogP contribution in [-0.2, 0) is 17.6 Å². The van der Waals surface area contributed by atoms with Crippen LogP contribution in [0.3, 0.4) is 0 Å². The number of aromatic nitrogens is 2. The molecule has 7 heteroatoms. The topological polar surface area (TPSA) is 49.3 Å². The van der Waals surface area contributed by atoms with Gasteiger partial charge in [0.2, 0.25) is 6.41 Å². The van der Waals surface area contributed by atoms with Gasteiger partial charge in [0.15, 0.2) is 0 Å². The summed E-state index contributed by atoms with van der Waals surface area (Å²) < 4.78 is 0. The summed E-state index contributed by atoms with van der Waals surface area (Å²) in [6.45, 7) is 6.11. The number of thiophene rings is 1. The average molecular weight is 367 g/mol. The molecule has 0 aromatic carbocycles. The molecule has 5 nitrogen and oxygen atoms in total. The van der Waals surface area contributed by atoms with Crippen molar-refractivity contribution in [3.05, 3.63) is 21.9 Å². The van der Waals surface area contributed by atoms with E-state index in [4.69, 9.17) is 11.6 Å². The van der Waals surface area contributed by atoms with E-state index < -0.39 is 0 Å². The zero-order chi connectivity index (χ0) is 17.1. The molecular weight excluding hydrogens is 344 g/mol. The molecular formula is C17H23ClN4OS. The van der Waals surface area contributed by atoms with Crippen molar-refractivity contribution in [3.63, 3.8) is 0 Å². The van der Waals surface area contributed by atoms with Gasteiger partial charge in [-0.2, -0.15) is 0 Å². The molecule has 24 heavy (non-hydrogen) atoms. The Hall–Kier alpha value is -1.24. The number of likely N-dealkylation sites (N-methyl/N-ethyl adjacent to an activating group) is 1. The number of carbonyl (C=O) groups excluding carboxylic acids is 1. The summed E-state index contributed by atoms with van der Waals surface area (Å²) in [7, 11) is 2.07. The molecule has 1 unspecified atom stereocenters. The summed E-state index contributed by atoms with van der Waals surface area (Å²) in [5.41, 5.74) is 1.40. The molecule has 1 fully saturated rings. The van der Waals surface area contributed by atoms with Crippen LogP contribution in [0, 0.1) is 5.92 Å². The Kier molecular flexibility index (Phi) is 5.69. The van der Waals surface area contributed by atoms with E-state index in [0.29, 0.717) is 5.15 Å². The highest BCUT2D eigenvalue weighted by atomic mass is 35.5. The molecule has 4 rings (SSSR count). The maximum Gasteiger partial charge on any atom is 0.209 e. The number of nitrogens with zero attached hydrogens (tertiary/aromatic N) is 4. The van der Waals surface area contributed by atoms with Crippen molar-refractivity contribution in [1.82, 2.24) is 19.8 Å². The molecule has 2 aromatic rings. The summed E-state index contributed by atoms with van der Waals surface area (Å²) in [4.78, 5) is 25.1. The van der Waals surface area contributed by atoms with Gasteiger partial charge >= 0.3 is 0 Å². The molecule has 1 aliphatic heterocycles. The van der Waals surface area contributed by atoms with Crippen LogP contribution in [0.1, 0.15) is 23.8 Å². The number of fused-ring (bicyclic) bond motifs is 3. The molecule has 0 radical (unpaired) electrons. The minimum Gasteiger partial charge on any atom is -0.343 e. The summed E-state index contributed by atoms with van der Waals surface area (Å²) in [6, 6.07) is 0. The Morgan fingerprint density at radius 2 is 2.04 bits per heavy atom. The molecule has 1 saturated heterocycles. The van der Waals surface area contributed by atoms with Gasteiger partial charge in [-0.3, -0.25) is 4.79 Å². The maximum atomic E-state index is 10.2. The molecule has 1 aliphatic carbocycles. The Bertz CT molecular complexity index is 712. The highest BCUT2D eigenvalue weighted by Gasteiger charge is 2.22. The normalized spacial score (nSPS) is 21.1. The van der Waals surface area contributed by atoms with Gasteiger partial charge in [-0.1, -0.05) is 18.5 Å². The van der Waals surface area contributed by atoms with Crippen molar-refractivity contribution in [2.24, 2.45) is 5.92 Å². The van der Waals surface area contributed by atoms with E-state index >= 15 is 0 Å². The Morgan fingerprint density at radius 3 is 2.75 bits per heavy atom. The molecule has 0 spiro atoms. The summed E-state index contributed by atoms with van der Waals surface area (Å²) in [5.74, 6) is 0.789. The van der Waals surface area contributed by atoms with E-state index in [1.165, 1.54) is 23.3 Å². The lowest BCUT2D eigenvalue weighted by atomic mass is 9.89. The number of hydrogen-bond acceptors (Lipinski definition) is 5. The molecule has 2 aromatic heterocycles. The van der Waals surface area contributed by atoms with Crippen LogP contribution >= 0.6 is 22.9 Å². The van der Waals surface area contributed by atoms with Gasteiger partial charge < -0.3 is 9.80 Å². The lowest BCUT2D eigenvalue weighted by molar-refractivity contribution is -0.119. The van der Waals surface area contributed by atoms with Crippen molar-refractivity contribution >= 4 is 39.6 Å². The molecule has 130 valence electrons. The minimum atomic E-state index is 0.618. The van der Waals surface area contributed by atoms with E-state index in [-0.39, 0.29) is 0 Å². The summed E-state index contributed by atoms with van der Waals surface area (Å²) in [5, 5.41) is 1.72. The Labute approximate surface area is 151 Å². The number of carbonyl (C=O) groups is 1. The second-order valence-electron chi connectivity index (χ2n) is 6.64. The highest BCUT2D eigenvalue weighted by molar-refractivity contribution is 7.19. The molecule has 0 N–H and O–H groups in total. The van der Waals surface area contributed by atoms with E-state index in [9.17, 15) is 4.79 Å². The highest BCUT2D eigenvalue weighted by Crippen LogP contribution is 2.39. The van der Waals surface area contributed by atoms with Crippen LogP contribution in [0.5, 0.6) is 0 Å². The third kappa shape index (κ3) is 3.87. The van der Waals surface area contributed by atoms with Crippen molar-refractivity contribution in [1.29, 1.82) is 0 Å². The van der Waals surface area contributed by atoms with E-state index in [2.05, 4.69) is 28.8 Å². The second-order valence-corrected chi connectivity index (χ2v) is 8.08. The predicted octanol–water partition coefficient (Wildman–Crippen LogP) is 2.86. The zero-order valence-corrected chi connectivity index (χ0v) is 15.7. The van der Waals surface area contributed by atoms with Crippen LogP contribution < -0.4 is 0 Å². The van der Waals surface area contributed by atoms with Crippen LogP contribution in [0.2, 0.25) is 5.15 Å². The van der Waals surface area contributed by atoms with Crippen molar-refractivity contribution < 1.29 is 4.79 Å². The monoisotopic (exact) mass is 366 g/mol. The summed E-state index contributed by atoms with van der Waals surface area (Å²) >= 11 is 7.91. The maximum absolute atomic E-state index is 10.2. The van der Waals surface area contributed by atoms with Gasteiger partial charge in [-0.25, -0.2) is 9.97 Å². The standard InChI is InChI=1S/C11H11ClN2S.C6H12N2O/c1-6-2-3-7-8(4-6)15-11-9(7)10(12)13-5-14-11;1-7-2-4-8(6-9)5-3-7/h5-6H,2-4H2,1H3;6H,2-5H2,1H3. The number of halogens is 1. The molecule has 0 bridgehead atoms. The SMILES string of the molecule is CC1CCc2c(sc3ncnc(Cl)c23)C1.CN1CCN(C=O)CC1. The summed E-state index contributed by atoms with van der Waals surface area (Å²) in [6.07, 6.45) is 6.03. The minimum absolute atomic E-state index is 0.618. The molecule has 1 amide bonds. The lowest BCUT2D eigenvalue weighted by Gasteiger charge is -2.29. The fourth-order valence-electron chi connectivity index (χ4n) is 3.16. The number of aryl methyl sites for hydroxylation is 1.